The normalized spacial score (nSPS) is 11.4. The molecule has 2 aromatic rings. The first-order chi connectivity index (χ1) is 13.9. The number of hydrogen-bond donors (Lipinski definition) is 2. The third-order valence-corrected chi connectivity index (χ3v) is 4.67. The summed E-state index contributed by atoms with van der Waals surface area (Å²) in [6.07, 6.45) is 0. The Bertz CT molecular complexity index is 808. The molecule has 7 nitrogen and oxygen atoms in total. The second-order valence-electron chi connectivity index (χ2n) is 6.84. The summed E-state index contributed by atoms with van der Waals surface area (Å²) >= 11 is 0. The molecule has 0 fully saturated rings. The molecule has 2 rings (SSSR count). The van der Waals surface area contributed by atoms with E-state index in [2.05, 4.69) is 5.32 Å². The zero-order valence-electron chi connectivity index (χ0n) is 17.5. The molecule has 2 aromatic carbocycles. The molecule has 0 aliphatic carbocycles. The smallest absolute Gasteiger partial charge is 0.279 e. The van der Waals surface area contributed by atoms with Gasteiger partial charge in [0.2, 0.25) is 0 Å². The summed E-state index contributed by atoms with van der Waals surface area (Å²) in [6, 6.07) is 14.8. The fourth-order valence-electron chi connectivity index (χ4n) is 2.90. The fourth-order valence-corrected chi connectivity index (χ4v) is 2.90. The zero-order chi connectivity index (χ0) is 21.2. The van der Waals surface area contributed by atoms with E-state index in [4.69, 9.17) is 9.47 Å². The van der Waals surface area contributed by atoms with E-state index in [1.807, 2.05) is 31.2 Å². The minimum Gasteiger partial charge on any atom is -0.497 e. The maximum absolute atomic E-state index is 12.6. The van der Waals surface area contributed by atoms with Gasteiger partial charge in [0.15, 0.2) is 13.1 Å². The highest BCUT2D eigenvalue weighted by molar-refractivity contribution is 5.91. The molecule has 0 bridgehead atoms. The number of anilines is 1. The summed E-state index contributed by atoms with van der Waals surface area (Å²) in [5.41, 5.74) is 1.70. The molecular weight excluding hydrogens is 370 g/mol. The fraction of sp³-hybridized carbons (Fsp3) is 0.364. The summed E-state index contributed by atoms with van der Waals surface area (Å²) in [6.45, 7) is 3.61. The minimum atomic E-state index is -0.129. The molecule has 0 spiro atoms. The molecule has 0 saturated heterocycles. The Kier molecular flexibility index (Phi) is 8.48. The maximum Gasteiger partial charge on any atom is 0.279 e. The van der Waals surface area contributed by atoms with Crippen molar-refractivity contribution >= 4 is 17.5 Å². The number of rotatable bonds is 10. The van der Waals surface area contributed by atoms with Gasteiger partial charge in [-0.3, -0.25) is 9.59 Å². The average molecular weight is 400 g/mol. The highest BCUT2D eigenvalue weighted by Crippen LogP contribution is 2.15. The average Bonchev–Trinajstić information content (AvgIpc) is 2.73. The number of quaternary nitrogens is 1. The monoisotopic (exact) mass is 400 g/mol. The Balaban J connectivity index is 1.86. The number of carbonyl (C=O) groups excluding carboxylic acids is 2. The third-order valence-electron chi connectivity index (χ3n) is 4.67. The second-order valence-corrected chi connectivity index (χ2v) is 6.84. The summed E-state index contributed by atoms with van der Waals surface area (Å²) in [7, 11) is 4.98. The van der Waals surface area contributed by atoms with Crippen molar-refractivity contribution < 1.29 is 24.0 Å². The number of ether oxygens (including phenoxy) is 2. The largest absolute Gasteiger partial charge is 0.497 e. The summed E-state index contributed by atoms with van der Waals surface area (Å²) in [4.78, 5) is 27.5. The number of amides is 2. The first-order valence-corrected chi connectivity index (χ1v) is 9.59. The van der Waals surface area contributed by atoms with Crippen LogP contribution in [0.4, 0.5) is 5.69 Å². The number of nitrogens with one attached hydrogen (secondary N) is 2. The van der Waals surface area contributed by atoms with Gasteiger partial charge in [0.1, 0.15) is 11.5 Å². The van der Waals surface area contributed by atoms with Crippen molar-refractivity contribution in [1.29, 1.82) is 0 Å². The summed E-state index contributed by atoms with van der Waals surface area (Å²) in [5.74, 6) is 1.35. The highest BCUT2D eigenvalue weighted by Gasteiger charge is 2.19. The van der Waals surface area contributed by atoms with E-state index in [-0.39, 0.29) is 24.9 Å². The Morgan fingerprint density at radius 1 is 1.00 bits per heavy atom. The van der Waals surface area contributed by atoms with Crippen LogP contribution in [0.15, 0.2) is 48.5 Å². The van der Waals surface area contributed by atoms with Crippen molar-refractivity contribution in [3.05, 3.63) is 54.1 Å². The Morgan fingerprint density at radius 2 is 1.69 bits per heavy atom. The van der Waals surface area contributed by atoms with Crippen molar-refractivity contribution in [3.8, 4) is 11.5 Å². The van der Waals surface area contributed by atoms with E-state index in [1.165, 1.54) is 0 Å². The standard InChI is InChI=1S/C22H29N3O4/c1-5-25(15-21(26)23-18-9-11-19(28-3)12-10-18)16-22(27)24(2)14-17-7-6-8-20(13-17)29-4/h6-13H,5,14-16H2,1-4H3,(H,23,26)/p+1. The molecule has 29 heavy (non-hydrogen) atoms. The van der Waals surface area contributed by atoms with Gasteiger partial charge in [-0.25, -0.2) is 0 Å². The van der Waals surface area contributed by atoms with Crippen LogP contribution >= 0.6 is 0 Å². The van der Waals surface area contributed by atoms with Crippen LogP contribution in [-0.4, -0.2) is 57.6 Å². The van der Waals surface area contributed by atoms with Crippen LogP contribution in [0, 0.1) is 0 Å². The van der Waals surface area contributed by atoms with Crippen LogP contribution < -0.4 is 19.7 Å². The van der Waals surface area contributed by atoms with Crippen molar-refractivity contribution in [1.82, 2.24) is 4.90 Å². The molecule has 156 valence electrons. The molecule has 2 N–H and O–H groups in total. The van der Waals surface area contributed by atoms with Gasteiger partial charge in [-0.1, -0.05) is 12.1 Å². The minimum absolute atomic E-state index is 0.0121. The predicted molar refractivity (Wildman–Crippen MR) is 112 cm³/mol. The Hall–Kier alpha value is -3.06. The van der Waals surface area contributed by atoms with Crippen LogP contribution in [0.25, 0.3) is 0 Å². The van der Waals surface area contributed by atoms with Crippen LogP contribution in [-0.2, 0) is 16.1 Å². The van der Waals surface area contributed by atoms with Gasteiger partial charge in [0.25, 0.3) is 11.8 Å². The van der Waals surface area contributed by atoms with Gasteiger partial charge < -0.3 is 24.6 Å². The number of nitrogens with zero attached hydrogens (tertiary/aromatic N) is 1. The van der Waals surface area contributed by atoms with Crippen molar-refractivity contribution in [2.75, 3.05) is 46.2 Å². The van der Waals surface area contributed by atoms with Gasteiger partial charge >= 0.3 is 0 Å². The van der Waals surface area contributed by atoms with E-state index in [0.29, 0.717) is 18.8 Å². The molecule has 0 aliphatic rings. The molecule has 0 aliphatic heterocycles. The lowest BCUT2D eigenvalue weighted by Crippen LogP contribution is -3.13. The number of methoxy groups -OCH3 is 2. The second kappa shape index (κ2) is 11.1. The molecule has 0 saturated carbocycles. The van der Waals surface area contributed by atoms with Crippen LogP contribution in [0.3, 0.4) is 0 Å². The van der Waals surface area contributed by atoms with Crippen molar-refractivity contribution in [3.63, 3.8) is 0 Å². The van der Waals surface area contributed by atoms with E-state index in [9.17, 15) is 9.59 Å². The van der Waals surface area contributed by atoms with E-state index < -0.39 is 0 Å². The lowest BCUT2D eigenvalue weighted by Gasteiger charge is -2.22. The van der Waals surface area contributed by atoms with Gasteiger partial charge in [0.05, 0.1) is 20.8 Å². The maximum atomic E-state index is 12.6. The van der Waals surface area contributed by atoms with Crippen LogP contribution in [0.5, 0.6) is 11.5 Å². The lowest BCUT2D eigenvalue weighted by molar-refractivity contribution is -0.882. The van der Waals surface area contributed by atoms with Gasteiger partial charge in [-0.15, -0.1) is 0 Å². The van der Waals surface area contributed by atoms with Crippen molar-refractivity contribution in [2.24, 2.45) is 0 Å². The molecule has 0 heterocycles. The number of carbonyl (C=O) groups is 2. The van der Waals surface area contributed by atoms with Crippen LogP contribution in [0.2, 0.25) is 0 Å². The van der Waals surface area contributed by atoms with Gasteiger partial charge in [-0.2, -0.15) is 0 Å². The van der Waals surface area contributed by atoms with Gasteiger partial charge in [0, 0.05) is 19.3 Å². The summed E-state index contributed by atoms with van der Waals surface area (Å²) in [5, 5.41) is 2.86. The molecular formula is C22H30N3O4+. The SMILES string of the molecule is CC[NH+](CC(=O)Nc1ccc(OC)cc1)CC(=O)N(C)Cc1cccc(OC)c1. The Labute approximate surface area is 172 Å². The third kappa shape index (κ3) is 7.12. The Morgan fingerprint density at radius 3 is 2.31 bits per heavy atom. The first-order valence-electron chi connectivity index (χ1n) is 9.59. The van der Waals surface area contributed by atoms with E-state index in [1.54, 1.807) is 50.4 Å². The molecule has 2 amide bonds. The zero-order valence-corrected chi connectivity index (χ0v) is 17.5. The molecule has 1 atom stereocenters. The number of benzene rings is 2. The van der Waals surface area contributed by atoms with E-state index in [0.717, 1.165) is 22.0 Å². The molecule has 0 aromatic heterocycles. The molecule has 1 unspecified atom stereocenters. The van der Waals surface area contributed by atoms with E-state index >= 15 is 0 Å². The topological polar surface area (TPSA) is 72.3 Å². The highest BCUT2D eigenvalue weighted by atomic mass is 16.5. The van der Waals surface area contributed by atoms with Crippen molar-refractivity contribution in [2.45, 2.75) is 13.5 Å². The summed E-state index contributed by atoms with van der Waals surface area (Å²) < 4.78 is 10.3. The van der Waals surface area contributed by atoms with Crippen LogP contribution in [0.1, 0.15) is 12.5 Å². The predicted octanol–water partition coefficient (Wildman–Crippen LogP) is 1.21. The molecule has 7 heteroatoms. The molecule has 0 radical (unpaired) electrons. The first kappa shape index (κ1) is 22.2. The lowest BCUT2D eigenvalue weighted by atomic mass is 10.2. The number of likely N-dealkylation sites (N-methyl/N-ethyl adjacent to an activating group) is 2. The quantitative estimate of drug-likeness (QED) is 0.629. The number of hydrogen-bond acceptors (Lipinski definition) is 4. The van der Waals surface area contributed by atoms with Gasteiger partial charge in [-0.05, 0) is 48.9 Å².